The summed E-state index contributed by atoms with van der Waals surface area (Å²) in [6, 6.07) is 76.4. The van der Waals surface area contributed by atoms with Crippen LogP contribution in [0.15, 0.2) is 217 Å². The first-order chi connectivity index (χ1) is 27.8. The van der Waals surface area contributed by atoms with Crippen molar-refractivity contribution in [1.82, 2.24) is 0 Å². The average Bonchev–Trinajstić information content (AvgIpc) is 3.67. The molecule has 0 bridgehead atoms. The number of hydrogen-bond acceptors (Lipinski definition) is 2. The lowest BCUT2D eigenvalue weighted by Crippen LogP contribution is -2.10. The first kappa shape index (κ1) is 32.0. The van der Waals surface area contributed by atoms with Crippen molar-refractivity contribution in [1.29, 1.82) is 0 Å². The van der Waals surface area contributed by atoms with Crippen molar-refractivity contribution < 1.29 is 4.42 Å². The first-order valence-electron chi connectivity index (χ1n) is 19.2. The van der Waals surface area contributed by atoms with Gasteiger partial charge in [-0.3, -0.25) is 0 Å². The summed E-state index contributed by atoms with van der Waals surface area (Å²) >= 11 is 0. The van der Waals surface area contributed by atoms with Crippen molar-refractivity contribution in [2.75, 3.05) is 4.90 Å². The minimum atomic E-state index is 0.868. The molecule has 1 aromatic heterocycles. The van der Waals surface area contributed by atoms with Crippen molar-refractivity contribution in [2.45, 2.75) is 0 Å². The molecule has 0 aliphatic heterocycles. The molecule has 0 fully saturated rings. The molecule has 262 valence electrons. The topological polar surface area (TPSA) is 16.4 Å². The number of hydrogen-bond donors (Lipinski definition) is 0. The van der Waals surface area contributed by atoms with Gasteiger partial charge in [0.15, 0.2) is 0 Å². The van der Waals surface area contributed by atoms with Gasteiger partial charge in [0.25, 0.3) is 0 Å². The van der Waals surface area contributed by atoms with Gasteiger partial charge in [0, 0.05) is 22.1 Å². The Hall–Kier alpha value is -7.42. The third-order valence-electron chi connectivity index (χ3n) is 11.3. The predicted octanol–water partition coefficient (Wildman–Crippen LogP) is 15.5. The van der Waals surface area contributed by atoms with E-state index in [1.165, 1.54) is 60.3 Å². The molecular formula is C54H35NO. The molecular weight excluding hydrogens is 679 g/mol. The summed E-state index contributed by atoms with van der Waals surface area (Å²) in [5.41, 5.74) is 12.2. The fourth-order valence-electron chi connectivity index (χ4n) is 8.62. The number of benzene rings is 10. The van der Waals surface area contributed by atoms with Crippen molar-refractivity contribution >= 4 is 71.3 Å². The van der Waals surface area contributed by atoms with Gasteiger partial charge in [0.1, 0.15) is 11.2 Å². The molecule has 0 unspecified atom stereocenters. The Balaban J connectivity index is 1.08. The average molecular weight is 714 g/mol. The Labute approximate surface area is 325 Å². The van der Waals surface area contributed by atoms with Crippen molar-refractivity contribution in [3.05, 3.63) is 212 Å². The van der Waals surface area contributed by atoms with E-state index < -0.39 is 0 Å². The standard InChI is InChI=1S/C54H35NO/c1-2-13-36(14-3-1)37-25-30-41(31-26-37)55(51-23-12-24-52-53(51)49-34-29-38-15-4-7-19-45(38)54(49)56-52)42-32-27-39(28-33-42)43-17-8-9-21-47(43)50-35-40-16-5-6-18-44(40)46-20-10-11-22-48(46)50/h1-35H. The van der Waals surface area contributed by atoms with E-state index in [0.29, 0.717) is 0 Å². The maximum Gasteiger partial charge on any atom is 0.143 e. The maximum atomic E-state index is 6.67. The van der Waals surface area contributed by atoms with E-state index in [4.69, 9.17) is 4.42 Å². The number of rotatable bonds is 6. The lowest BCUT2D eigenvalue weighted by molar-refractivity contribution is 0.672. The second-order valence-electron chi connectivity index (χ2n) is 14.4. The van der Waals surface area contributed by atoms with Crippen LogP contribution in [-0.2, 0) is 0 Å². The van der Waals surface area contributed by atoms with Crippen LogP contribution in [0.2, 0.25) is 0 Å². The molecule has 0 saturated heterocycles. The van der Waals surface area contributed by atoms with Crippen LogP contribution in [0.1, 0.15) is 0 Å². The van der Waals surface area contributed by atoms with Gasteiger partial charge in [-0.15, -0.1) is 0 Å². The molecule has 0 atom stereocenters. The molecule has 1 heterocycles. The Morgan fingerprint density at radius 1 is 0.321 bits per heavy atom. The highest BCUT2D eigenvalue weighted by Crippen LogP contribution is 2.46. The summed E-state index contributed by atoms with van der Waals surface area (Å²) in [4.78, 5) is 2.37. The number of furan rings is 1. The molecule has 11 aromatic rings. The van der Waals surface area contributed by atoms with Crippen molar-refractivity contribution in [2.24, 2.45) is 0 Å². The van der Waals surface area contributed by atoms with Gasteiger partial charge in [-0.2, -0.15) is 0 Å². The maximum absolute atomic E-state index is 6.67. The summed E-state index contributed by atoms with van der Waals surface area (Å²) in [6.45, 7) is 0. The molecule has 0 radical (unpaired) electrons. The largest absolute Gasteiger partial charge is 0.455 e. The highest BCUT2D eigenvalue weighted by Gasteiger charge is 2.21. The summed E-state index contributed by atoms with van der Waals surface area (Å²) in [5.74, 6) is 0. The van der Waals surface area contributed by atoms with Crippen LogP contribution in [0.5, 0.6) is 0 Å². The highest BCUT2D eigenvalue weighted by molar-refractivity contribution is 6.20. The van der Waals surface area contributed by atoms with E-state index in [2.05, 4.69) is 217 Å². The van der Waals surface area contributed by atoms with Gasteiger partial charge < -0.3 is 9.32 Å². The minimum absolute atomic E-state index is 0.868. The second kappa shape index (κ2) is 13.2. The Bertz CT molecular complexity index is 3230. The molecule has 0 saturated carbocycles. The molecule has 56 heavy (non-hydrogen) atoms. The van der Waals surface area contributed by atoms with Gasteiger partial charge >= 0.3 is 0 Å². The second-order valence-corrected chi connectivity index (χ2v) is 14.4. The normalized spacial score (nSPS) is 11.6. The Morgan fingerprint density at radius 2 is 0.911 bits per heavy atom. The van der Waals surface area contributed by atoms with E-state index in [-0.39, 0.29) is 0 Å². The van der Waals surface area contributed by atoms with Crippen LogP contribution < -0.4 is 4.90 Å². The van der Waals surface area contributed by atoms with Gasteiger partial charge in [0.2, 0.25) is 0 Å². The first-order valence-corrected chi connectivity index (χ1v) is 19.2. The molecule has 2 nitrogen and oxygen atoms in total. The summed E-state index contributed by atoms with van der Waals surface area (Å²) in [7, 11) is 0. The van der Waals surface area contributed by atoms with Crippen LogP contribution in [0, 0.1) is 0 Å². The molecule has 11 rings (SSSR count). The fraction of sp³-hybridized carbons (Fsp3) is 0. The SMILES string of the molecule is c1ccc(-c2ccc(N(c3ccc(-c4ccccc4-c4cc5ccccc5c5ccccc45)cc3)c3cccc4oc5c6ccccc6ccc5c34)cc2)cc1. The zero-order valence-corrected chi connectivity index (χ0v) is 30.6. The third kappa shape index (κ3) is 5.26. The lowest BCUT2D eigenvalue weighted by atomic mass is 9.89. The van der Waals surface area contributed by atoms with E-state index in [1.54, 1.807) is 0 Å². The van der Waals surface area contributed by atoms with Crippen LogP contribution in [0.4, 0.5) is 17.1 Å². The van der Waals surface area contributed by atoms with Crippen molar-refractivity contribution in [3.8, 4) is 33.4 Å². The molecule has 2 heteroatoms. The smallest absolute Gasteiger partial charge is 0.143 e. The van der Waals surface area contributed by atoms with Crippen LogP contribution >= 0.6 is 0 Å². The molecule has 10 aromatic carbocycles. The zero-order valence-electron chi connectivity index (χ0n) is 30.6. The minimum Gasteiger partial charge on any atom is -0.455 e. The van der Waals surface area contributed by atoms with E-state index in [0.717, 1.165) is 44.4 Å². The van der Waals surface area contributed by atoms with Gasteiger partial charge in [-0.1, -0.05) is 164 Å². The summed E-state index contributed by atoms with van der Waals surface area (Å²) in [5, 5.41) is 9.54. The van der Waals surface area contributed by atoms with Crippen LogP contribution in [-0.4, -0.2) is 0 Å². The number of nitrogens with zero attached hydrogens (tertiary/aromatic N) is 1. The van der Waals surface area contributed by atoms with E-state index in [9.17, 15) is 0 Å². The quantitative estimate of drug-likeness (QED) is 0.160. The number of fused-ring (bicyclic) bond motifs is 8. The zero-order chi connectivity index (χ0) is 37.0. The molecule has 0 N–H and O–H groups in total. The summed E-state index contributed by atoms with van der Waals surface area (Å²) < 4.78 is 6.67. The van der Waals surface area contributed by atoms with Crippen LogP contribution in [0.25, 0.3) is 87.6 Å². The molecule has 0 aliphatic rings. The van der Waals surface area contributed by atoms with Crippen molar-refractivity contribution in [3.63, 3.8) is 0 Å². The Kier molecular flexibility index (Phi) is 7.53. The molecule has 0 aliphatic carbocycles. The molecule has 0 spiro atoms. The predicted molar refractivity (Wildman–Crippen MR) is 237 cm³/mol. The van der Waals surface area contributed by atoms with Crippen LogP contribution in [0.3, 0.4) is 0 Å². The van der Waals surface area contributed by atoms with E-state index in [1.807, 2.05) is 0 Å². The number of anilines is 3. The van der Waals surface area contributed by atoms with Gasteiger partial charge in [0.05, 0.1) is 11.1 Å². The lowest BCUT2D eigenvalue weighted by Gasteiger charge is -2.27. The summed E-state index contributed by atoms with van der Waals surface area (Å²) in [6.07, 6.45) is 0. The third-order valence-corrected chi connectivity index (χ3v) is 11.3. The van der Waals surface area contributed by atoms with Gasteiger partial charge in [-0.05, 0) is 109 Å². The molecule has 0 amide bonds. The van der Waals surface area contributed by atoms with E-state index >= 15 is 0 Å². The van der Waals surface area contributed by atoms with Gasteiger partial charge in [-0.25, -0.2) is 0 Å². The highest BCUT2D eigenvalue weighted by atomic mass is 16.3. The monoisotopic (exact) mass is 713 g/mol. The fourth-order valence-corrected chi connectivity index (χ4v) is 8.62. The Morgan fingerprint density at radius 3 is 1.68 bits per heavy atom.